The smallest absolute Gasteiger partial charge is 0.241 e. The van der Waals surface area contributed by atoms with Gasteiger partial charge in [0.25, 0.3) is 0 Å². The Morgan fingerprint density at radius 2 is 1.82 bits per heavy atom. The van der Waals surface area contributed by atoms with Gasteiger partial charge in [-0.15, -0.1) is 0 Å². The molecule has 1 atom stereocenters. The lowest BCUT2D eigenvalue weighted by molar-refractivity contribution is -0.114. The summed E-state index contributed by atoms with van der Waals surface area (Å²) in [6.07, 6.45) is 2.41. The zero-order valence-corrected chi connectivity index (χ0v) is 16.9. The van der Waals surface area contributed by atoms with Crippen LogP contribution in [0.15, 0.2) is 41.3 Å². The van der Waals surface area contributed by atoms with E-state index in [0.717, 1.165) is 29.7 Å². The van der Waals surface area contributed by atoms with Crippen molar-refractivity contribution in [2.24, 2.45) is 0 Å². The molecule has 0 aromatic heterocycles. The third-order valence-electron chi connectivity index (χ3n) is 4.74. The van der Waals surface area contributed by atoms with Crippen LogP contribution in [0.3, 0.4) is 0 Å². The molecule has 0 bridgehead atoms. The van der Waals surface area contributed by atoms with Crippen molar-refractivity contribution in [3.8, 4) is 11.5 Å². The third-order valence-corrected chi connectivity index (χ3v) is 6.21. The van der Waals surface area contributed by atoms with Crippen molar-refractivity contribution in [1.29, 1.82) is 0 Å². The number of anilines is 1. The van der Waals surface area contributed by atoms with Crippen LogP contribution in [0.2, 0.25) is 0 Å². The van der Waals surface area contributed by atoms with Crippen molar-refractivity contribution in [2.45, 2.75) is 37.1 Å². The van der Waals surface area contributed by atoms with Crippen LogP contribution in [0.1, 0.15) is 36.9 Å². The number of hydrogen-bond donors (Lipinski definition) is 2. The van der Waals surface area contributed by atoms with Gasteiger partial charge in [0.15, 0.2) is 11.5 Å². The maximum atomic E-state index is 12.9. The van der Waals surface area contributed by atoms with E-state index in [1.807, 2.05) is 12.1 Å². The maximum absolute atomic E-state index is 12.9. The fraction of sp³-hybridized carbons (Fsp3) is 0.350. The lowest BCUT2D eigenvalue weighted by atomic mass is 9.88. The molecule has 1 aliphatic rings. The molecule has 7 nitrogen and oxygen atoms in total. The van der Waals surface area contributed by atoms with Gasteiger partial charge in [0.2, 0.25) is 15.9 Å². The van der Waals surface area contributed by atoms with Gasteiger partial charge in [-0.2, -0.15) is 0 Å². The van der Waals surface area contributed by atoms with Gasteiger partial charge in [-0.3, -0.25) is 4.79 Å². The Bertz CT molecular complexity index is 988. The predicted octanol–water partition coefficient (Wildman–Crippen LogP) is 3.02. The van der Waals surface area contributed by atoms with Crippen LogP contribution in [0.4, 0.5) is 5.69 Å². The van der Waals surface area contributed by atoms with Crippen LogP contribution < -0.4 is 19.5 Å². The molecule has 0 spiro atoms. The van der Waals surface area contributed by atoms with Crippen molar-refractivity contribution >= 4 is 21.6 Å². The van der Waals surface area contributed by atoms with E-state index in [0.29, 0.717) is 17.9 Å². The molecule has 0 aliphatic heterocycles. The van der Waals surface area contributed by atoms with Gasteiger partial charge in [-0.25, -0.2) is 13.1 Å². The van der Waals surface area contributed by atoms with Crippen molar-refractivity contribution in [1.82, 2.24) is 4.72 Å². The lowest BCUT2D eigenvalue weighted by Gasteiger charge is -2.27. The van der Waals surface area contributed by atoms with Crippen LogP contribution >= 0.6 is 0 Å². The van der Waals surface area contributed by atoms with Crippen molar-refractivity contribution in [3.05, 3.63) is 47.5 Å². The molecule has 3 rings (SSSR count). The van der Waals surface area contributed by atoms with E-state index < -0.39 is 10.0 Å². The van der Waals surface area contributed by atoms with Gasteiger partial charge in [0.05, 0.1) is 19.1 Å². The number of rotatable bonds is 6. The van der Waals surface area contributed by atoms with E-state index >= 15 is 0 Å². The summed E-state index contributed by atoms with van der Waals surface area (Å²) in [4.78, 5) is 11.4. The summed E-state index contributed by atoms with van der Waals surface area (Å²) < 4.78 is 39.0. The monoisotopic (exact) mass is 404 g/mol. The molecule has 28 heavy (non-hydrogen) atoms. The van der Waals surface area contributed by atoms with Crippen LogP contribution in [0, 0.1) is 0 Å². The first-order valence-corrected chi connectivity index (χ1v) is 10.5. The summed E-state index contributed by atoms with van der Waals surface area (Å²) >= 11 is 0. The maximum Gasteiger partial charge on any atom is 0.241 e. The summed E-state index contributed by atoms with van der Waals surface area (Å²) in [5.74, 6) is 0.686. The number of carbonyl (C=O) groups excluding carboxylic acids is 1. The number of aryl methyl sites for hydroxylation is 1. The number of methoxy groups -OCH3 is 2. The number of ether oxygens (including phenoxy) is 2. The molecule has 8 heteroatoms. The van der Waals surface area contributed by atoms with Crippen LogP contribution in [0.5, 0.6) is 11.5 Å². The second kappa shape index (κ2) is 8.20. The molecule has 1 unspecified atom stereocenters. The lowest BCUT2D eigenvalue weighted by Crippen LogP contribution is -2.31. The Balaban J connectivity index is 1.87. The number of fused-ring (bicyclic) bond motifs is 1. The molecule has 150 valence electrons. The first-order valence-electron chi connectivity index (χ1n) is 8.99. The zero-order chi connectivity index (χ0) is 20.3. The fourth-order valence-electron chi connectivity index (χ4n) is 3.46. The third kappa shape index (κ3) is 4.28. The molecule has 0 saturated carbocycles. The summed E-state index contributed by atoms with van der Waals surface area (Å²) in [7, 11) is -0.782. The normalized spacial score (nSPS) is 16.2. The van der Waals surface area contributed by atoms with E-state index in [9.17, 15) is 13.2 Å². The molecule has 2 N–H and O–H groups in total. The molecular weight excluding hydrogens is 380 g/mol. The number of amides is 1. The average Bonchev–Trinajstić information content (AvgIpc) is 2.66. The Hall–Kier alpha value is -2.58. The van der Waals surface area contributed by atoms with E-state index in [4.69, 9.17) is 9.47 Å². The second-order valence-electron chi connectivity index (χ2n) is 6.68. The topological polar surface area (TPSA) is 93.7 Å². The fourth-order valence-corrected chi connectivity index (χ4v) is 4.72. The molecule has 1 aliphatic carbocycles. The largest absolute Gasteiger partial charge is 0.493 e. The number of sulfonamides is 1. The molecule has 0 radical (unpaired) electrons. The highest BCUT2D eigenvalue weighted by atomic mass is 32.2. The highest BCUT2D eigenvalue weighted by Crippen LogP contribution is 2.34. The minimum Gasteiger partial charge on any atom is -0.493 e. The Labute approximate surface area is 165 Å². The first-order chi connectivity index (χ1) is 13.3. The van der Waals surface area contributed by atoms with Crippen LogP contribution in [-0.4, -0.2) is 28.5 Å². The predicted molar refractivity (Wildman–Crippen MR) is 106 cm³/mol. The van der Waals surface area contributed by atoms with E-state index in [1.165, 1.54) is 33.3 Å². The van der Waals surface area contributed by atoms with Crippen LogP contribution in [0.25, 0.3) is 0 Å². The van der Waals surface area contributed by atoms with Crippen molar-refractivity contribution in [3.63, 3.8) is 0 Å². The van der Waals surface area contributed by atoms with E-state index in [-0.39, 0.29) is 16.8 Å². The van der Waals surface area contributed by atoms with Gasteiger partial charge in [0.1, 0.15) is 0 Å². The van der Waals surface area contributed by atoms with E-state index in [1.54, 1.807) is 12.1 Å². The second-order valence-corrected chi connectivity index (χ2v) is 8.39. The van der Waals surface area contributed by atoms with Crippen molar-refractivity contribution < 1.29 is 22.7 Å². The molecule has 0 heterocycles. The highest BCUT2D eigenvalue weighted by molar-refractivity contribution is 7.89. The first kappa shape index (κ1) is 20.2. The summed E-state index contributed by atoms with van der Waals surface area (Å²) in [6, 6.07) is 9.77. The molecular formula is C20H24N2O5S. The molecule has 1 amide bonds. The molecule has 2 aromatic rings. The standard InChI is InChI=1S/C20H24N2O5S/c1-13(23)21-15-7-9-17-14(11-15)5-4-6-18(17)22-28(24,25)16-8-10-19(26-2)20(12-16)27-3/h7-12,18,22H,4-6H2,1-3H3,(H,21,23). The number of carbonyl (C=O) groups is 1. The van der Waals surface area contributed by atoms with E-state index in [2.05, 4.69) is 10.0 Å². The Kier molecular flexibility index (Phi) is 5.90. The zero-order valence-electron chi connectivity index (χ0n) is 16.1. The Morgan fingerprint density at radius 1 is 1.07 bits per heavy atom. The quantitative estimate of drug-likeness (QED) is 0.772. The molecule has 2 aromatic carbocycles. The van der Waals surface area contributed by atoms with Gasteiger partial charge < -0.3 is 14.8 Å². The number of nitrogens with one attached hydrogen (secondary N) is 2. The number of benzene rings is 2. The Morgan fingerprint density at radius 3 is 2.50 bits per heavy atom. The van der Waals surface area contributed by atoms with Gasteiger partial charge >= 0.3 is 0 Å². The van der Waals surface area contributed by atoms with Crippen molar-refractivity contribution in [2.75, 3.05) is 19.5 Å². The highest BCUT2D eigenvalue weighted by Gasteiger charge is 2.26. The average molecular weight is 404 g/mol. The SMILES string of the molecule is COc1ccc(S(=O)(=O)NC2CCCc3cc(NC(C)=O)ccc32)cc1OC. The summed E-state index contributed by atoms with van der Waals surface area (Å²) in [5.41, 5.74) is 2.69. The summed E-state index contributed by atoms with van der Waals surface area (Å²) in [5, 5.41) is 2.76. The van der Waals surface area contributed by atoms with Crippen LogP contribution in [-0.2, 0) is 21.2 Å². The molecule has 0 fully saturated rings. The minimum absolute atomic E-state index is 0.118. The number of hydrogen-bond acceptors (Lipinski definition) is 5. The minimum atomic E-state index is -3.74. The summed E-state index contributed by atoms with van der Waals surface area (Å²) in [6.45, 7) is 1.46. The van der Waals surface area contributed by atoms with Gasteiger partial charge in [0, 0.05) is 24.7 Å². The van der Waals surface area contributed by atoms with Gasteiger partial charge in [-0.05, 0) is 54.7 Å². The molecule has 0 saturated heterocycles. The van der Waals surface area contributed by atoms with Gasteiger partial charge in [-0.1, -0.05) is 6.07 Å².